The zero-order chi connectivity index (χ0) is 13.2. The maximum Gasteiger partial charge on any atom is 0.244 e. The minimum Gasteiger partial charge on any atom is -0.399 e. The first-order valence-electron chi connectivity index (χ1n) is 5.65. The number of nitrogen functional groups attached to an aromatic ring is 1. The molecule has 0 amide bonds. The lowest BCUT2D eigenvalue weighted by Crippen LogP contribution is -2.33. The second kappa shape index (κ2) is 5.81. The van der Waals surface area contributed by atoms with Gasteiger partial charge in [-0.15, -0.1) is 0 Å². The van der Waals surface area contributed by atoms with E-state index >= 15 is 0 Å². The van der Waals surface area contributed by atoms with E-state index in [9.17, 15) is 8.42 Å². The van der Waals surface area contributed by atoms with Crippen LogP contribution in [0.1, 0.15) is 6.42 Å². The summed E-state index contributed by atoms with van der Waals surface area (Å²) < 4.78 is 27.2. The molecule has 100 valence electrons. The van der Waals surface area contributed by atoms with E-state index in [0.29, 0.717) is 23.2 Å². The van der Waals surface area contributed by atoms with Crippen LogP contribution in [0.15, 0.2) is 27.6 Å². The van der Waals surface area contributed by atoms with Crippen molar-refractivity contribution in [3.05, 3.63) is 22.7 Å². The number of benzene rings is 1. The van der Waals surface area contributed by atoms with Crippen LogP contribution in [0.5, 0.6) is 0 Å². The molecule has 1 heterocycles. The largest absolute Gasteiger partial charge is 0.399 e. The molecule has 18 heavy (non-hydrogen) atoms. The van der Waals surface area contributed by atoms with Crippen LogP contribution in [-0.2, 0) is 10.0 Å². The Balaban J connectivity index is 2.37. The molecule has 0 aromatic heterocycles. The molecular weight excluding hydrogens is 336 g/mol. The maximum absolute atomic E-state index is 12.5. The Bertz CT molecular complexity index is 526. The third-order valence-electron chi connectivity index (χ3n) is 2.75. The van der Waals surface area contributed by atoms with Crippen LogP contribution in [0, 0.1) is 0 Å². The smallest absolute Gasteiger partial charge is 0.244 e. The predicted octanol–water partition coefficient (Wildman–Crippen LogP) is 2.16. The fourth-order valence-electron chi connectivity index (χ4n) is 1.82. The van der Waals surface area contributed by atoms with Gasteiger partial charge in [0.25, 0.3) is 0 Å². The summed E-state index contributed by atoms with van der Waals surface area (Å²) in [7, 11) is -3.45. The van der Waals surface area contributed by atoms with E-state index in [0.717, 1.165) is 17.9 Å². The number of sulfonamides is 1. The topological polar surface area (TPSA) is 63.4 Å². The minimum atomic E-state index is -3.45. The molecule has 1 fully saturated rings. The first kappa shape index (κ1) is 14.2. The standard InChI is InChI=1S/C11H15BrN2O2S2/c12-10-3-2-9(13)8-11(10)18(15,16)14-4-1-6-17-7-5-14/h2-3,8H,1,4-7,13H2. The predicted molar refractivity (Wildman–Crippen MR) is 79.3 cm³/mol. The average molecular weight is 351 g/mol. The van der Waals surface area contributed by atoms with E-state index in [1.54, 1.807) is 28.2 Å². The third kappa shape index (κ3) is 3.01. The van der Waals surface area contributed by atoms with Crippen molar-refractivity contribution >= 4 is 43.4 Å². The van der Waals surface area contributed by atoms with E-state index in [1.165, 1.54) is 6.07 Å². The Morgan fingerprint density at radius 2 is 2.06 bits per heavy atom. The molecule has 4 nitrogen and oxygen atoms in total. The van der Waals surface area contributed by atoms with Crippen molar-refractivity contribution < 1.29 is 8.42 Å². The highest BCUT2D eigenvalue weighted by atomic mass is 79.9. The highest BCUT2D eigenvalue weighted by Crippen LogP contribution is 2.28. The van der Waals surface area contributed by atoms with Gasteiger partial charge in [-0.2, -0.15) is 16.1 Å². The van der Waals surface area contributed by atoms with Crippen molar-refractivity contribution in [3.63, 3.8) is 0 Å². The molecule has 7 heteroatoms. The molecule has 1 aromatic carbocycles. The number of nitrogens with two attached hydrogens (primary N) is 1. The Morgan fingerprint density at radius 3 is 2.83 bits per heavy atom. The molecule has 1 saturated heterocycles. The second-order valence-electron chi connectivity index (χ2n) is 4.06. The molecule has 0 spiro atoms. The van der Waals surface area contributed by atoms with Gasteiger partial charge in [0, 0.05) is 29.0 Å². The Hall–Kier alpha value is -0.240. The number of halogens is 1. The lowest BCUT2D eigenvalue weighted by molar-refractivity contribution is 0.434. The van der Waals surface area contributed by atoms with Crippen LogP contribution in [0.4, 0.5) is 5.69 Å². The van der Waals surface area contributed by atoms with Crippen molar-refractivity contribution in [2.75, 3.05) is 30.3 Å². The van der Waals surface area contributed by atoms with Crippen molar-refractivity contribution in [3.8, 4) is 0 Å². The number of hydrogen-bond acceptors (Lipinski definition) is 4. The Labute approximate surface area is 120 Å². The van der Waals surface area contributed by atoms with Crippen molar-refractivity contribution in [2.24, 2.45) is 0 Å². The molecular formula is C11H15BrN2O2S2. The van der Waals surface area contributed by atoms with Gasteiger partial charge in [0.2, 0.25) is 10.0 Å². The average Bonchev–Trinajstić information content (AvgIpc) is 2.61. The van der Waals surface area contributed by atoms with Gasteiger partial charge < -0.3 is 5.73 Å². The van der Waals surface area contributed by atoms with E-state index in [-0.39, 0.29) is 4.90 Å². The van der Waals surface area contributed by atoms with Gasteiger partial charge in [-0.1, -0.05) is 0 Å². The molecule has 2 N–H and O–H groups in total. The summed E-state index contributed by atoms with van der Waals surface area (Å²) in [5, 5.41) is 0. The Kier molecular flexibility index (Phi) is 4.58. The van der Waals surface area contributed by atoms with Gasteiger partial charge in [0.15, 0.2) is 0 Å². The SMILES string of the molecule is Nc1ccc(Br)c(S(=O)(=O)N2CCCSCC2)c1. The Morgan fingerprint density at radius 1 is 1.28 bits per heavy atom. The van der Waals surface area contributed by atoms with Crippen molar-refractivity contribution in [2.45, 2.75) is 11.3 Å². The summed E-state index contributed by atoms with van der Waals surface area (Å²) in [6.45, 7) is 1.14. The summed E-state index contributed by atoms with van der Waals surface area (Å²) in [6.07, 6.45) is 0.893. The zero-order valence-electron chi connectivity index (χ0n) is 9.80. The van der Waals surface area contributed by atoms with Gasteiger partial charge in [-0.05, 0) is 46.3 Å². The van der Waals surface area contributed by atoms with Gasteiger partial charge >= 0.3 is 0 Å². The van der Waals surface area contributed by atoms with Gasteiger partial charge in [0.1, 0.15) is 0 Å². The molecule has 0 saturated carbocycles. The molecule has 1 aliphatic rings. The molecule has 1 aliphatic heterocycles. The van der Waals surface area contributed by atoms with Crippen LogP contribution in [0.3, 0.4) is 0 Å². The quantitative estimate of drug-likeness (QED) is 0.830. The first-order valence-corrected chi connectivity index (χ1v) is 9.03. The summed E-state index contributed by atoms with van der Waals surface area (Å²) in [6, 6.07) is 4.87. The number of hydrogen-bond donors (Lipinski definition) is 1. The number of anilines is 1. The maximum atomic E-state index is 12.5. The number of thioether (sulfide) groups is 1. The normalized spacial score (nSPS) is 18.5. The van der Waals surface area contributed by atoms with Crippen molar-refractivity contribution in [1.29, 1.82) is 0 Å². The monoisotopic (exact) mass is 350 g/mol. The fraction of sp³-hybridized carbons (Fsp3) is 0.455. The van der Waals surface area contributed by atoms with Gasteiger partial charge in [0.05, 0.1) is 4.90 Å². The number of nitrogens with zero attached hydrogens (tertiary/aromatic N) is 1. The minimum absolute atomic E-state index is 0.259. The summed E-state index contributed by atoms with van der Waals surface area (Å²) in [5.74, 6) is 1.86. The van der Waals surface area contributed by atoms with Crippen LogP contribution < -0.4 is 5.73 Å². The molecule has 2 rings (SSSR count). The summed E-state index contributed by atoms with van der Waals surface area (Å²) in [5.41, 5.74) is 6.14. The molecule has 0 radical (unpaired) electrons. The van der Waals surface area contributed by atoms with E-state index in [2.05, 4.69) is 15.9 Å². The molecule has 1 aromatic rings. The van der Waals surface area contributed by atoms with Gasteiger partial charge in [-0.3, -0.25) is 0 Å². The molecule has 0 unspecified atom stereocenters. The lowest BCUT2D eigenvalue weighted by atomic mass is 10.3. The zero-order valence-corrected chi connectivity index (χ0v) is 13.0. The van der Waals surface area contributed by atoms with Crippen LogP contribution in [0.25, 0.3) is 0 Å². The summed E-state index contributed by atoms with van der Waals surface area (Å²) >= 11 is 5.08. The van der Waals surface area contributed by atoms with E-state index in [4.69, 9.17) is 5.73 Å². The van der Waals surface area contributed by atoms with E-state index in [1.807, 2.05) is 0 Å². The number of rotatable bonds is 2. The van der Waals surface area contributed by atoms with Crippen LogP contribution >= 0.6 is 27.7 Å². The van der Waals surface area contributed by atoms with E-state index < -0.39 is 10.0 Å². The highest BCUT2D eigenvalue weighted by molar-refractivity contribution is 9.10. The fourth-order valence-corrected chi connectivity index (χ4v) is 5.26. The molecule has 0 bridgehead atoms. The van der Waals surface area contributed by atoms with Crippen LogP contribution in [-0.4, -0.2) is 37.3 Å². The van der Waals surface area contributed by atoms with Crippen LogP contribution in [0.2, 0.25) is 0 Å². The van der Waals surface area contributed by atoms with Gasteiger partial charge in [-0.25, -0.2) is 8.42 Å². The highest BCUT2D eigenvalue weighted by Gasteiger charge is 2.27. The first-order chi connectivity index (χ1) is 8.51. The summed E-state index contributed by atoms with van der Waals surface area (Å²) in [4.78, 5) is 0.259. The lowest BCUT2D eigenvalue weighted by Gasteiger charge is -2.20. The third-order valence-corrected chi connectivity index (χ3v) is 6.70. The molecule has 0 atom stereocenters. The second-order valence-corrected chi connectivity index (χ2v) is 8.05. The molecule has 0 aliphatic carbocycles. The van der Waals surface area contributed by atoms with Crippen molar-refractivity contribution in [1.82, 2.24) is 4.31 Å².